The van der Waals surface area contributed by atoms with E-state index in [1.165, 1.54) is 25.0 Å². The van der Waals surface area contributed by atoms with Crippen molar-refractivity contribution < 1.29 is 8.91 Å². The highest BCUT2D eigenvalue weighted by atomic mass is 19.1. The standard InChI is InChI=1S/C13H14FN3O/c14-10-3-1-9(2-4-10)13-16-12(18-17-13)7-8-15-11-5-6-11/h1-4,11,15H,5-8H2. The summed E-state index contributed by atoms with van der Waals surface area (Å²) in [6.45, 7) is 0.857. The number of hydrogen-bond donors (Lipinski definition) is 1. The summed E-state index contributed by atoms with van der Waals surface area (Å²) in [4.78, 5) is 4.29. The molecule has 1 aromatic heterocycles. The maximum atomic E-state index is 12.8. The van der Waals surface area contributed by atoms with E-state index in [0.717, 1.165) is 18.5 Å². The molecule has 1 heterocycles. The van der Waals surface area contributed by atoms with Crippen LogP contribution in [0.4, 0.5) is 4.39 Å². The number of rotatable bonds is 5. The van der Waals surface area contributed by atoms with Gasteiger partial charge in [-0.1, -0.05) is 5.16 Å². The fraction of sp³-hybridized carbons (Fsp3) is 0.385. The third-order valence-electron chi connectivity index (χ3n) is 2.92. The topological polar surface area (TPSA) is 51.0 Å². The SMILES string of the molecule is Fc1ccc(-c2noc(CCNC3CC3)n2)cc1. The van der Waals surface area contributed by atoms with E-state index in [9.17, 15) is 4.39 Å². The first kappa shape index (κ1) is 11.3. The van der Waals surface area contributed by atoms with E-state index in [2.05, 4.69) is 15.5 Å². The number of halogens is 1. The number of nitrogens with zero attached hydrogens (tertiary/aromatic N) is 2. The summed E-state index contributed by atoms with van der Waals surface area (Å²) in [6, 6.07) is 6.75. The lowest BCUT2D eigenvalue weighted by atomic mass is 10.2. The second-order valence-electron chi connectivity index (χ2n) is 4.50. The zero-order valence-corrected chi connectivity index (χ0v) is 9.90. The van der Waals surface area contributed by atoms with Crippen molar-refractivity contribution in [2.75, 3.05) is 6.54 Å². The molecule has 1 aliphatic rings. The first-order valence-electron chi connectivity index (χ1n) is 6.13. The molecule has 94 valence electrons. The van der Waals surface area contributed by atoms with Crippen molar-refractivity contribution in [2.45, 2.75) is 25.3 Å². The Balaban J connectivity index is 1.62. The summed E-state index contributed by atoms with van der Waals surface area (Å²) in [6.07, 6.45) is 3.26. The second kappa shape index (κ2) is 4.86. The van der Waals surface area contributed by atoms with E-state index in [1.807, 2.05) is 0 Å². The van der Waals surface area contributed by atoms with Crippen LogP contribution in [0.1, 0.15) is 18.7 Å². The average molecular weight is 247 g/mol. The summed E-state index contributed by atoms with van der Waals surface area (Å²) in [5, 5.41) is 7.28. The summed E-state index contributed by atoms with van der Waals surface area (Å²) in [7, 11) is 0. The Morgan fingerprint density at radius 3 is 2.78 bits per heavy atom. The molecule has 1 aromatic carbocycles. The zero-order valence-electron chi connectivity index (χ0n) is 9.90. The third kappa shape index (κ3) is 2.73. The molecule has 1 fully saturated rings. The molecule has 3 rings (SSSR count). The summed E-state index contributed by atoms with van der Waals surface area (Å²) in [5.74, 6) is 0.856. The van der Waals surface area contributed by atoms with Crippen molar-refractivity contribution in [3.05, 3.63) is 36.0 Å². The second-order valence-corrected chi connectivity index (χ2v) is 4.50. The van der Waals surface area contributed by atoms with Gasteiger partial charge in [0.1, 0.15) is 5.82 Å². The minimum Gasteiger partial charge on any atom is -0.339 e. The van der Waals surface area contributed by atoms with Gasteiger partial charge >= 0.3 is 0 Å². The average Bonchev–Trinajstić information content (AvgIpc) is 3.08. The largest absolute Gasteiger partial charge is 0.339 e. The van der Waals surface area contributed by atoms with Crippen molar-refractivity contribution in [1.82, 2.24) is 15.5 Å². The van der Waals surface area contributed by atoms with Gasteiger partial charge in [-0.3, -0.25) is 0 Å². The van der Waals surface area contributed by atoms with E-state index in [-0.39, 0.29) is 5.82 Å². The van der Waals surface area contributed by atoms with E-state index in [1.54, 1.807) is 12.1 Å². The van der Waals surface area contributed by atoms with Gasteiger partial charge in [-0.25, -0.2) is 4.39 Å². The van der Waals surface area contributed by atoms with Crippen molar-refractivity contribution in [3.63, 3.8) is 0 Å². The lowest BCUT2D eigenvalue weighted by Gasteiger charge is -1.97. The summed E-state index contributed by atoms with van der Waals surface area (Å²) < 4.78 is 17.9. The molecule has 18 heavy (non-hydrogen) atoms. The highest BCUT2D eigenvalue weighted by Gasteiger charge is 2.20. The van der Waals surface area contributed by atoms with E-state index >= 15 is 0 Å². The molecular formula is C13H14FN3O. The monoisotopic (exact) mass is 247 g/mol. The van der Waals surface area contributed by atoms with Crippen molar-refractivity contribution in [1.29, 1.82) is 0 Å². The van der Waals surface area contributed by atoms with E-state index in [4.69, 9.17) is 4.52 Å². The molecule has 0 amide bonds. The summed E-state index contributed by atoms with van der Waals surface area (Å²) >= 11 is 0. The normalized spacial score (nSPS) is 14.9. The Morgan fingerprint density at radius 2 is 2.06 bits per heavy atom. The van der Waals surface area contributed by atoms with Gasteiger partial charge in [0, 0.05) is 24.6 Å². The molecular weight excluding hydrogens is 233 g/mol. The molecule has 0 aliphatic heterocycles. The van der Waals surface area contributed by atoms with Gasteiger partial charge in [0.2, 0.25) is 11.7 Å². The highest BCUT2D eigenvalue weighted by Crippen LogP contribution is 2.19. The van der Waals surface area contributed by atoms with Crippen LogP contribution in [0.3, 0.4) is 0 Å². The molecule has 0 saturated heterocycles. The number of aromatic nitrogens is 2. The van der Waals surface area contributed by atoms with Crippen LogP contribution in [0.25, 0.3) is 11.4 Å². The van der Waals surface area contributed by atoms with Gasteiger partial charge in [-0.05, 0) is 37.1 Å². The lowest BCUT2D eigenvalue weighted by molar-refractivity contribution is 0.376. The molecule has 0 bridgehead atoms. The first-order chi connectivity index (χ1) is 8.81. The van der Waals surface area contributed by atoms with Gasteiger partial charge < -0.3 is 9.84 Å². The molecule has 1 saturated carbocycles. The molecule has 0 spiro atoms. The van der Waals surface area contributed by atoms with Crippen LogP contribution in [-0.2, 0) is 6.42 Å². The van der Waals surface area contributed by atoms with Gasteiger partial charge in [0.15, 0.2) is 0 Å². The Kier molecular flexibility index (Phi) is 3.06. The fourth-order valence-corrected chi connectivity index (χ4v) is 1.74. The molecule has 0 unspecified atom stereocenters. The number of hydrogen-bond acceptors (Lipinski definition) is 4. The third-order valence-corrected chi connectivity index (χ3v) is 2.92. The Labute approximate surface area is 104 Å². The van der Waals surface area contributed by atoms with Gasteiger partial charge in [-0.2, -0.15) is 4.98 Å². The smallest absolute Gasteiger partial charge is 0.228 e. The quantitative estimate of drug-likeness (QED) is 0.879. The van der Waals surface area contributed by atoms with Crippen LogP contribution < -0.4 is 5.32 Å². The van der Waals surface area contributed by atoms with Crippen LogP contribution in [0, 0.1) is 5.82 Å². The van der Waals surface area contributed by atoms with Gasteiger partial charge in [0.05, 0.1) is 0 Å². The van der Waals surface area contributed by atoms with Crippen LogP contribution in [0.2, 0.25) is 0 Å². The molecule has 2 aromatic rings. The van der Waals surface area contributed by atoms with Gasteiger partial charge in [-0.15, -0.1) is 0 Å². The van der Waals surface area contributed by atoms with Crippen molar-refractivity contribution >= 4 is 0 Å². The Morgan fingerprint density at radius 1 is 1.28 bits per heavy atom. The van der Waals surface area contributed by atoms with E-state index in [0.29, 0.717) is 17.8 Å². The molecule has 1 N–H and O–H groups in total. The predicted octanol–water partition coefficient (Wildman–Crippen LogP) is 2.17. The molecule has 0 atom stereocenters. The molecule has 1 aliphatic carbocycles. The molecule has 4 nitrogen and oxygen atoms in total. The summed E-state index contributed by atoms with van der Waals surface area (Å²) in [5.41, 5.74) is 0.765. The Bertz CT molecular complexity index is 519. The van der Waals surface area contributed by atoms with E-state index < -0.39 is 0 Å². The maximum Gasteiger partial charge on any atom is 0.228 e. The van der Waals surface area contributed by atoms with Crippen LogP contribution in [0.5, 0.6) is 0 Å². The first-order valence-corrected chi connectivity index (χ1v) is 6.13. The molecule has 5 heteroatoms. The van der Waals surface area contributed by atoms with Gasteiger partial charge in [0.25, 0.3) is 0 Å². The molecule has 0 radical (unpaired) electrons. The van der Waals surface area contributed by atoms with Crippen molar-refractivity contribution in [3.8, 4) is 11.4 Å². The number of benzene rings is 1. The Hall–Kier alpha value is -1.75. The minimum atomic E-state index is -0.267. The van der Waals surface area contributed by atoms with Crippen LogP contribution >= 0.6 is 0 Å². The van der Waals surface area contributed by atoms with Crippen LogP contribution in [0.15, 0.2) is 28.8 Å². The lowest BCUT2D eigenvalue weighted by Crippen LogP contribution is -2.19. The number of nitrogens with one attached hydrogen (secondary N) is 1. The fourth-order valence-electron chi connectivity index (χ4n) is 1.74. The highest BCUT2D eigenvalue weighted by molar-refractivity contribution is 5.53. The maximum absolute atomic E-state index is 12.8. The van der Waals surface area contributed by atoms with Crippen LogP contribution in [-0.4, -0.2) is 22.7 Å². The van der Waals surface area contributed by atoms with Crippen molar-refractivity contribution in [2.24, 2.45) is 0 Å². The minimum absolute atomic E-state index is 0.267. The zero-order chi connectivity index (χ0) is 12.4. The predicted molar refractivity (Wildman–Crippen MR) is 64.4 cm³/mol.